The number of nitrogens with zero attached hydrogens (tertiary/aromatic N) is 4. The van der Waals surface area contributed by atoms with Crippen LogP contribution in [0.1, 0.15) is 19.8 Å². The van der Waals surface area contributed by atoms with Crippen LogP contribution in [-0.4, -0.2) is 80.4 Å². The third-order valence-electron chi connectivity index (χ3n) is 6.97. The van der Waals surface area contributed by atoms with Crippen LogP contribution in [0.2, 0.25) is 0 Å². The highest BCUT2D eigenvalue weighted by atomic mass is 16.5. The van der Waals surface area contributed by atoms with E-state index in [9.17, 15) is 4.79 Å². The number of morpholine rings is 1. The minimum Gasteiger partial charge on any atom is -0.493 e. The summed E-state index contributed by atoms with van der Waals surface area (Å²) < 4.78 is 16.6. The van der Waals surface area contributed by atoms with Gasteiger partial charge in [0.1, 0.15) is 5.82 Å². The van der Waals surface area contributed by atoms with Crippen molar-refractivity contribution in [3.8, 4) is 11.5 Å². The van der Waals surface area contributed by atoms with E-state index in [1.54, 1.807) is 14.2 Å². The van der Waals surface area contributed by atoms with Crippen molar-refractivity contribution in [1.29, 1.82) is 0 Å². The second-order valence-corrected chi connectivity index (χ2v) is 9.35. The number of anilines is 4. The fraction of sp³-hybridized carbons (Fsp3) is 0.444. The van der Waals surface area contributed by atoms with E-state index in [4.69, 9.17) is 24.2 Å². The van der Waals surface area contributed by atoms with Crippen molar-refractivity contribution in [2.45, 2.75) is 25.8 Å². The van der Waals surface area contributed by atoms with E-state index in [1.807, 2.05) is 36.4 Å². The number of hydrogen-bond acceptors (Lipinski definition) is 9. The van der Waals surface area contributed by atoms with Crippen LogP contribution in [0.5, 0.6) is 11.5 Å². The van der Waals surface area contributed by atoms with Crippen LogP contribution in [0, 0.1) is 0 Å². The van der Waals surface area contributed by atoms with Crippen LogP contribution in [0.25, 0.3) is 10.9 Å². The molecule has 2 aromatic carbocycles. The summed E-state index contributed by atoms with van der Waals surface area (Å²) in [6.07, 6.45) is 2.14. The summed E-state index contributed by atoms with van der Waals surface area (Å²) in [6, 6.07) is 11.9. The van der Waals surface area contributed by atoms with E-state index < -0.39 is 0 Å². The normalized spacial score (nSPS) is 17.0. The molecule has 3 aromatic rings. The van der Waals surface area contributed by atoms with Gasteiger partial charge in [-0.15, -0.1) is 0 Å². The third-order valence-corrected chi connectivity index (χ3v) is 6.97. The Kier molecular flexibility index (Phi) is 7.57. The molecule has 0 saturated carbocycles. The minimum atomic E-state index is -0.106. The van der Waals surface area contributed by atoms with Crippen molar-refractivity contribution in [3.63, 3.8) is 0 Å². The SMILES string of the molecule is COc1cc2nc(N3CCC(N4CCOCC4)CC3)nc(Nc3ccc(NC(C)=O)cc3)c2cc1OC. The molecule has 2 aliphatic rings. The summed E-state index contributed by atoms with van der Waals surface area (Å²) in [4.78, 5) is 26.1. The Bertz CT molecular complexity index is 1240. The number of rotatable bonds is 7. The predicted octanol–water partition coefficient (Wildman–Crippen LogP) is 3.65. The van der Waals surface area contributed by atoms with Crippen molar-refractivity contribution in [1.82, 2.24) is 14.9 Å². The van der Waals surface area contributed by atoms with Gasteiger partial charge in [0.25, 0.3) is 0 Å². The topological polar surface area (TPSA) is 101 Å². The van der Waals surface area contributed by atoms with Gasteiger partial charge < -0.3 is 29.7 Å². The zero-order chi connectivity index (χ0) is 25.8. The summed E-state index contributed by atoms with van der Waals surface area (Å²) in [5.41, 5.74) is 2.36. The van der Waals surface area contributed by atoms with Gasteiger partial charge in [-0.25, -0.2) is 4.98 Å². The Labute approximate surface area is 216 Å². The van der Waals surface area contributed by atoms with E-state index in [1.165, 1.54) is 6.92 Å². The first kappa shape index (κ1) is 25.0. The molecule has 1 aromatic heterocycles. The maximum atomic E-state index is 11.4. The number of amides is 1. The number of benzene rings is 2. The Hall–Kier alpha value is -3.63. The van der Waals surface area contributed by atoms with Gasteiger partial charge in [0.05, 0.1) is 33.0 Å². The zero-order valence-corrected chi connectivity index (χ0v) is 21.6. The average molecular weight is 507 g/mol. The Morgan fingerprint density at radius 2 is 1.59 bits per heavy atom. The molecule has 0 unspecified atom stereocenters. The molecule has 1 amide bonds. The van der Waals surface area contributed by atoms with Gasteiger partial charge in [0.15, 0.2) is 11.5 Å². The molecular formula is C27H34N6O4. The highest BCUT2D eigenvalue weighted by Gasteiger charge is 2.27. The van der Waals surface area contributed by atoms with Crippen molar-refractivity contribution in [2.24, 2.45) is 0 Å². The second-order valence-electron chi connectivity index (χ2n) is 9.35. The maximum Gasteiger partial charge on any atom is 0.227 e. The predicted molar refractivity (Wildman–Crippen MR) is 144 cm³/mol. The summed E-state index contributed by atoms with van der Waals surface area (Å²) >= 11 is 0. The molecule has 2 fully saturated rings. The second kappa shape index (κ2) is 11.2. The first-order valence-electron chi connectivity index (χ1n) is 12.7. The highest BCUT2D eigenvalue weighted by Crippen LogP contribution is 2.36. The molecule has 10 heteroatoms. The van der Waals surface area contributed by atoms with Gasteiger partial charge in [-0.05, 0) is 43.2 Å². The Balaban J connectivity index is 1.44. The van der Waals surface area contributed by atoms with Gasteiger partial charge in [-0.2, -0.15) is 4.98 Å². The quantitative estimate of drug-likeness (QED) is 0.497. The summed E-state index contributed by atoms with van der Waals surface area (Å²) in [5.74, 6) is 2.50. The fourth-order valence-electron chi connectivity index (χ4n) is 5.03. The molecule has 3 heterocycles. The average Bonchev–Trinajstić information content (AvgIpc) is 2.93. The van der Waals surface area contributed by atoms with E-state index in [0.29, 0.717) is 29.3 Å². The van der Waals surface area contributed by atoms with Crippen LogP contribution in [0.3, 0.4) is 0 Å². The minimum absolute atomic E-state index is 0.106. The summed E-state index contributed by atoms with van der Waals surface area (Å²) in [5, 5.41) is 7.07. The maximum absolute atomic E-state index is 11.4. The molecule has 196 valence electrons. The Morgan fingerprint density at radius 3 is 2.24 bits per heavy atom. The number of fused-ring (bicyclic) bond motifs is 1. The van der Waals surface area contributed by atoms with Crippen molar-refractivity contribution in [2.75, 3.05) is 69.1 Å². The first-order chi connectivity index (χ1) is 18.0. The molecule has 37 heavy (non-hydrogen) atoms. The summed E-state index contributed by atoms with van der Waals surface area (Å²) in [7, 11) is 3.24. The number of ether oxygens (including phenoxy) is 3. The number of carbonyl (C=O) groups excluding carboxylic acids is 1. The molecule has 0 aliphatic carbocycles. The van der Waals surface area contributed by atoms with Crippen LogP contribution in [-0.2, 0) is 9.53 Å². The molecule has 5 rings (SSSR count). The largest absolute Gasteiger partial charge is 0.493 e. The summed E-state index contributed by atoms with van der Waals surface area (Å²) in [6.45, 7) is 6.94. The lowest BCUT2D eigenvalue weighted by Gasteiger charge is -2.40. The molecule has 0 radical (unpaired) electrons. The number of hydrogen-bond donors (Lipinski definition) is 2. The van der Waals surface area contributed by atoms with E-state index in [2.05, 4.69) is 20.4 Å². The van der Waals surface area contributed by atoms with Gasteiger partial charge in [0.2, 0.25) is 11.9 Å². The molecule has 2 N–H and O–H groups in total. The van der Waals surface area contributed by atoms with Crippen LogP contribution < -0.4 is 25.0 Å². The zero-order valence-electron chi connectivity index (χ0n) is 21.6. The number of piperidine rings is 1. The van der Waals surface area contributed by atoms with E-state index in [-0.39, 0.29) is 5.91 Å². The standard InChI is InChI=1S/C27H34N6O4/c1-18(34)28-19-4-6-20(7-5-19)29-26-22-16-24(35-2)25(36-3)17-23(22)30-27(31-26)33-10-8-21(9-11-33)32-12-14-37-15-13-32/h4-7,16-17,21H,8-15H2,1-3H3,(H,28,34)(H,29,30,31). The van der Waals surface area contributed by atoms with Gasteiger partial charge >= 0.3 is 0 Å². The van der Waals surface area contributed by atoms with Crippen LogP contribution >= 0.6 is 0 Å². The first-order valence-corrected chi connectivity index (χ1v) is 12.7. The smallest absolute Gasteiger partial charge is 0.227 e. The molecule has 10 nitrogen and oxygen atoms in total. The lowest BCUT2D eigenvalue weighted by atomic mass is 10.0. The number of aromatic nitrogens is 2. The number of nitrogens with one attached hydrogen (secondary N) is 2. The molecular weight excluding hydrogens is 472 g/mol. The Morgan fingerprint density at radius 1 is 0.946 bits per heavy atom. The van der Waals surface area contributed by atoms with Gasteiger partial charge in [-0.3, -0.25) is 9.69 Å². The van der Waals surface area contributed by atoms with E-state index >= 15 is 0 Å². The number of carbonyl (C=O) groups is 1. The van der Waals surface area contributed by atoms with Crippen LogP contribution in [0.4, 0.5) is 23.1 Å². The molecule has 0 spiro atoms. The van der Waals surface area contributed by atoms with E-state index in [0.717, 1.165) is 74.5 Å². The monoisotopic (exact) mass is 506 g/mol. The molecule has 0 bridgehead atoms. The van der Waals surface area contributed by atoms with Crippen molar-refractivity contribution >= 4 is 40.0 Å². The fourth-order valence-corrected chi connectivity index (χ4v) is 5.03. The lowest BCUT2D eigenvalue weighted by Crippen LogP contribution is -2.49. The van der Waals surface area contributed by atoms with Crippen LogP contribution in [0.15, 0.2) is 36.4 Å². The molecule has 2 aliphatic heterocycles. The highest BCUT2D eigenvalue weighted by molar-refractivity contribution is 5.94. The number of methoxy groups -OCH3 is 2. The molecule has 2 saturated heterocycles. The third kappa shape index (κ3) is 5.70. The lowest BCUT2D eigenvalue weighted by molar-refractivity contribution is -0.114. The van der Waals surface area contributed by atoms with Crippen molar-refractivity contribution < 1.29 is 19.0 Å². The van der Waals surface area contributed by atoms with Gasteiger partial charge in [-0.1, -0.05) is 0 Å². The molecule has 0 atom stereocenters. The van der Waals surface area contributed by atoms with Crippen molar-refractivity contribution in [3.05, 3.63) is 36.4 Å². The van der Waals surface area contributed by atoms with Gasteiger partial charge in [0, 0.05) is 62.0 Å².